The van der Waals surface area contributed by atoms with Crippen molar-refractivity contribution < 1.29 is 9.53 Å². The molecule has 1 saturated heterocycles. The molecule has 1 saturated carbocycles. The van der Waals surface area contributed by atoms with E-state index in [1.54, 1.807) is 19.0 Å². The molecule has 1 aliphatic heterocycles. The fourth-order valence-corrected chi connectivity index (χ4v) is 4.13. The van der Waals surface area contributed by atoms with Gasteiger partial charge in [-0.1, -0.05) is 6.42 Å². The molecule has 3 atom stereocenters. The summed E-state index contributed by atoms with van der Waals surface area (Å²) in [5.41, 5.74) is 0. The molecule has 2 aliphatic rings. The van der Waals surface area contributed by atoms with Crippen LogP contribution in [0, 0.1) is 0 Å². The molecule has 25 heavy (non-hydrogen) atoms. The van der Waals surface area contributed by atoms with Crippen molar-refractivity contribution in [3.63, 3.8) is 0 Å². The molecule has 0 bridgehead atoms. The molecule has 7 heteroatoms. The van der Waals surface area contributed by atoms with Gasteiger partial charge in [0.25, 0.3) is 0 Å². The zero-order valence-electron chi connectivity index (χ0n) is 15.9. The lowest BCUT2D eigenvalue weighted by Crippen LogP contribution is -2.48. The maximum absolute atomic E-state index is 11.9. The number of nitrogens with zero attached hydrogens (tertiary/aromatic N) is 2. The van der Waals surface area contributed by atoms with Crippen molar-refractivity contribution >= 4 is 23.6 Å². The Bertz CT molecular complexity index is 439. The summed E-state index contributed by atoms with van der Waals surface area (Å²) in [5, 5.41) is 7.67. The third-order valence-corrected chi connectivity index (χ3v) is 6.04. The van der Waals surface area contributed by atoms with Crippen LogP contribution in [0.3, 0.4) is 0 Å². The fraction of sp³-hybridized carbons (Fsp3) is 0.889. The normalized spacial score (nSPS) is 27.6. The van der Waals surface area contributed by atoms with Gasteiger partial charge in [0.1, 0.15) is 6.54 Å². The number of hydrogen-bond acceptors (Lipinski definition) is 4. The maximum atomic E-state index is 11.9. The first-order valence-electron chi connectivity index (χ1n) is 9.48. The van der Waals surface area contributed by atoms with E-state index in [1.165, 1.54) is 25.7 Å². The van der Waals surface area contributed by atoms with Gasteiger partial charge in [-0.25, -0.2) is 4.99 Å². The number of amides is 1. The highest BCUT2D eigenvalue weighted by Gasteiger charge is 2.22. The average molecular weight is 371 g/mol. The molecule has 0 aromatic rings. The lowest BCUT2D eigenvalue weighted by atomic mass is 9.95. The lowest BCUT2D eigenvalue weighted by molar-refractivity contribution is -0.127. The second-order valence-electron chi connectivity index (χ2n) is 7.19. The molecule has 6 nitrogen and oxygen atoms in total. The first-order chi connectivity index (χ1) is 12.1. The summed E-state index contributed by atoms with van der Waals surface area (Å²) in [6.07, 6.45) is 10.8. The predicted molar refractivity (Wildman–Crippen MR) is 105 cm³/mol. The standard InChI is InChI=1S/C18H34N4O2S/c1-22(2)17(23)13-20-18(19-12-15-8-4-5-10-24-15)21-14-7-6-9-16(11-14)25-3/h14-16H,4-13H2,1-3H3,(H2,19,20,21). The van der Waals surface area contributed by atoms with Crippen molar-refractivity contribution in [2.24, 2.45) is 4.99 Å². The van der Waals surface area contributed by atoms with E-state index >= 15 is 0 Å². The molecule has 0 radical (unpaired) electrons. The van der Waals surface area contributed by atoms with Gasteiger partial charge in [-0.3, -0.25) is 4.79 Å². The highest BCUT2D eigenvalue weighted by atomic mass is 32.2. The number of carbonyl (C=O) groups excluding carboxylic acids is 1. The van der Waals surface area contributed by atoms with Crippen LogP contribution in [0.1, 0.15) is 44.9 Å². The van der Waals surface area contributed by atoms with E-state index in [9.17, 15) is 4.79 Å². The van der Waals surface area contributed by atoms with Crippen LogP contribution in [0.2, 0.25) is 0 Å². The largest absolute Gasteiger partial charge is 0.376 e. The van der Waals surface area contributed by atoms with Crippen LogP contribution in [0.15, 0.2) is 4.99 Å². The summed E-state index contributed by atoms with van der Waals surface area (Å²) >= 11 is 1.95. The van der Waals surface area contributed by atoms with Crippen molar-refractivity contribution in [2.75, 3.05) is 40.0 Å². The van der Waals surface area contributed by atoms with Gasteiger partial charge in [-0.2, -0.15) is 11.8 Å². The molecule has 144 valence electrons. The van der Waals surface area contributed by atoms with Crippen molar-refractivity contribution in [1.82, 2.24) is 15.5 Å². The third kappa shape index (κ3) is 7.44. The molecule has 1 aliphatic carbocycles. The lowest BCUT2D eigenvalue weighted by Gasteiger charge is -2.30. The van der Waals surface area contributed by atoms with Crippen molar-refractivity contribution in [2.45, 2.75) is 62.3 Å². The summed E-state index contributed by atoms with van der Waals surface area (Å²) in [4.78, 5) is 18.0. The highest BCUT2D eigenvalue weighted by molar-refractivity contribution is 7.99. The molecule has 2 N–H and O–H groups in total. The van der Waals surface area contributed by atoms with Crippen LogP contribution in [0.4, 0.5) is 0 Å². The fourth-order valence-electron chi connectivity index (χ4n) is 3.30. The number of thioether (sulfide) groups is 1. The third-order valence-electron chi connectivity index (χ3n) is 4.94. The molecule has 0 spiro atoms. The molecule has 1 heterocycles. The number of carbonyl (C=O) groups is 1. The minimum Gasteiger partial charge on any atom is -0.376 e. The Balaban J connectivity index is 1.90. The number of guanidine groups is 1. The number of ether oxygens (including phenoxy) is 1. The van der Waals surface area contributed by atoms with Crippen LogP contribution >= 0.6 is 11.8 Å². The maximum Gasteiger partial charge on any atom is 0.243 e. The van der Waals surface area contributed by atoms with E-state index < -0.39 is 0 Å². The van der Waals surface area contributed by atoms with Gasteiger partial charge in [0, 0.05) is 38.5 Å². The van der Waals surface area contributed by atoms with Crippen molar-refractivity contribution in [3.05, 3.63) is 0 Å². The van der Waals surface area contributed by atoms with Crippen molar-refractivity contribution in [3.8, 4) is 0 Å². The Kier molecular flexibility index (Phi) is 8.89. The summed E-state index contributed by atoms with van der Waals surface area (Å²) in [6, 6.07) is 0.430. The Morgan fingerprint density at radius 3 is 2.76 bits per heavy atom. The van der Waals surface area contributed by atoms with Crippen LogP contribution in [0.25, 0.3) is 0 Å². The topological polar surface area (TPSA) is 66.0 Å². The SMILES string of the molecule is CSC1CCCC(NC(=NCC(=O)N(C)C)NCC2CCCCO2)C1. The molecular weight excluding hydrogens is 336 g/mol. The molecule has 2 fully saturated rings. The van der Waals surface area contributed by atoms with E-state index in [1.807, 2.05) is 11.8 Å². The first kappa shape index (κ1) is 20.4. The van der Waals surface area contributed by atoms with Gasteiger partial charge in [-0.05, 0) is 44.8 Å². The van der Waals surface area contributed by atoms with Gasteiger partial charge in [-0.15, -0.1) is 0 Å². The minimum atomic E-state index is 0.0145. The van der Waals surface area contributed by atoms with Crippen LogP contribution in [0.5, 0.6) is 0 Å². The van der Waals surface area contributed by atoms with E-state index in [0.29, 0.717) is 6.04 Å². The van der Waals surface area contributed by atoms with Crippen molar-refractivity contribution in [1.29, 1.82) is 0 Å². The quantitative estimate of drug-likeness (QED) is 0.552. The van der Waals surface area contributed by atoms with E-state index in [2.05, 4.69) is 21.9 Å². The first-order valence-corrected chi connectivity index (χ1v) is 10.8. The number of likely N-dealkylation sites (N-methyl/N-ethyl adjacent to an activating group) is 1. The number of rotatable bonds is 6. The number of hydrogen-bond donors (Lipinski definition) is 2. The van der Waals surface area contributed by atoms with E-state index in [-0.39, 0.29) is 18.6 Å². The smallest absolute Gasteiger partial charge is 0.243 e. The Morgan fingerprint density at radius 1 is 1.24 bits per heavy atom. The van der Waals surface area contributed by atoms with E-state index in [4.69, 9.17) is 4.74 Å². The molecule has 0 aromatic heterocycles. The van der Waals surface area contributed by atoms with Crippen LogP contribution in [-0.4, -0.2) is 74.2 Å². The molecule has 3 unspecified atom stereocenters. The van der Waals surface area contributed by atoms with Gasteiger partial charge in [0.2, 0.25) is 5.91 Å². The van der Waals surface area contributed by atoms with Gasteiger partial charge in [0.05, 0.1) is 6.10 Å². The van der Waals surface area contributed by atoms with Gasteiger partial charge < -0.3 is 20.3 Å². The number of aliphatic imine (C=N–C) groups is 1. The Labute approximate surface area is 156 Å². The minimum absolute atomic E-state index is 0.0145. The number of nitrogens with one attached hydrogen (secondary N) is 2. The predicted octanol–water partition coefficient (Wildman–Crippen LogP) is 1.85. The molecule has 2 rings (SSSR count). The zero-order chi connectivity index (χ0) is 18.1. The van der Waals surface area contributed by atoms with Crippen LogP contribution < -0.4 is 10.6 Å². The van der Waals surface area contributed by atoms with E-state index in [0.717, 1.165) is 43.6 Å². The van der Waals surface area contributed by atoms with Gasteiger partial charge in [0.15, 0.2) is 5.96 Å². The highest BCUT2D eigenvalue weighted by Crippen LogP contribution is 2.26. The average Bonchev–Trinajstić information content (AvgIpc) is 2.64. The monoisotopic (exact) mass is 370 g/mol. The summed E-state index contributed by atoms with van der Waals surface area (Å²) < 4.78 is 5.79. The van der Waals surface area contributed by atoms with Gasteiger partial charge >= 0.3 is 0 Å². The summed E-state index contributed by atoms with van der Waals surface area (Å²) in [7, 11) is 3.52. The Morgan fingerprint density at radius 2 is 2.08 bits per heavy atom. The second-order valence-corrected chi connectivity index (χ2v) is 8.33. The van der Waals surface area contributed by atoms with Crippen LogP contribution in [-0.2, 0) is 9.53 Å². The molecule has 0 aromatic carbocycles. The summed E-state index contributed by atoms with van der Waals surface area (Å²) in [5.74, 6) is 0.761. The molecule has 1 amide bonds. The Hall–Kier alpha value is -0.950. The molecular formula is C18H34N4O2S. The zero-order valence-corrected chi connectivity index (χ0v) is 16.7. The summed E-state index contributed by atoms with van der Waals surface area (Å²) in [6.45, 7) is 1.77. The second kappa shape index (κ2) is 10.9.